The Kier molecular flexibility index (Phi) is 3.01. The van der Waals surface area contributed by atoms with Crippen molar-refractivity contribution in [2.45, 2.75) is 6.54 Å². The van der Waals surface area contributed by atoms with Crippen molar-refractivity contribution in [3.05, 3.63) is 69.7 Å². The molecule has 19 heavy (non-hydrogen) atoms. The first-order valence-corrected chi connectivity index (χ1v) is 6.18. The van der Waals surface area contributed by atoms with Gasteiger partial charge in [0, 0.05) is 23.2 Å². The molecular weight excluding hydrogens is 262 g/mol. The van der Waals surface area contributed by atoms with Gasteiger partial charge in [-0.15, -0.1) is 0 Å². The Labute approximate surface area is 114 Å². The highest BCUT2D eigenvalue weighted by molar-refractivity contribution is 6.30. The van der Waals surface area contributed by atoms with Crippen molar-refractivity contribution >= 4 is 22.5 Å². The van der Waals surface area contributed by atoms with Crippen LogP contribution in [0.3, 0.4) is 0 Å². The molecule has 0 fully saturated rings. The Hall–Kier alpha value is -2.20. The fourth-order valence-corrected chi connectivity index (χ4v) is 2.12. The van der Waals surface area contributed by atoms with Crippen molar-refractivity contribution in [2.75, 3.05) is 0 Å². The van der Waals surface area contributed by atoms with Crippen LogP contribution in [0.15, 0.2) is 53.5 Å². The lowest BCUT2D eigenvalue weighted by atomic mass is 10.1. The largest absolute Gasteiger partial charge is 0.268 e. The normalized spacial score (nSPS) is 10.8. The van der Waals surface area contributed by atoms with Gasteiger partial charge in [-0.25, -0.2) is 9.67 Å². The van der Waals surface area contributed by atoms with Gasteiger partial charge in [-0.1, -0.05) is 29.8 Å². The predicted molar refractivity (Wildman–Crippen MR) is 74.4 cm³/mol. The number of fused-ring (bicyclic) bond motifs is 1. The predicted octanol–water partition coefficient (Wildman–Crippen LogP) is 2.49. The van der Waals surface area contributed by atoms with E-state index in [1.807, 2.05) is 30.3 Å². The molecule has 0 unspecified atom stereocenters. The number of nitrogens with zero attached hydrogens (tertiary/aromatic N) is 3. The van der Waals surface area contributed by atoms with E-state index in [0.29, 0.717) is 11.7 Å². The lowest BCUT2D eigenvalue weighted by Crippen LogP contribution is -2.21. The third kappa shape index (κ3) is 2.35. The van der Waals surface area contributed by atoms with Gasteiger partial charge in [0.05, 0.1) is 12.1 Å². The smallest absolute Gasteiger partial charge is 0.267 e. The summed E-state index contributed by atoms with van der Waals surface area (Å²) in [5, 5.41) is 5.40. The van der Waals surface area contributed by atoms with Crippen molar-refractivity contribution in [1.82, 2.24) is 14.8 Å². The Bertz CT molecular complexity index is 798. The first-order chi connectivity index (χ1) is 9.24. The molecule has 2 aromatic heterocycles. The van der Waals surface area contributed by atoms with E-state index in [1.165, 1.54) is 10.7 Å². The zero-order valence-corrected chi connectivity index (χ0v) is 10.7. The molecule has 1 aromatic carbocycles. The summed E-state index contributed by atoms with van der Waals surface area (Å²) in [6, 6.07) is 12.7. The lowest BCUT2D eigenvalue weighted by Gasteiger charge is -2.07. The van der Waals surface area contributed by atoms with Gasteiger partial charge in [-0.3, -0.25) is 4.79 Å². The first kappa shape index (κ1) is 11.9. The number of hydrogen-bond donors (Lipinski definition) is 0. The number of rotatable bonds is 2. The van der Waals surface area contributed by atoms with Crippen LogP contribution in [-0.4, -0.2) is 14.8 Å². The van der Waals surface area contributed by atoms with Crippen LogP contribution >= 0.6 is 11.6 Å². The Balaban J connectivity index is 2.08. The van der Waals surface area contributed by atoms with Crippen LogP contribution in [0.2, 0.25) is 5.15 Å². The molecule has 0 bridgehead atoms. The highest BCUT2D eigenvalue weighted by atomic mass is 35.5. The Morgan fingerprint density at radius 3 is 2.84 bits per heavy atom. The van der Waals surface area contributed by atoms with Gasteiger partial charge in [0.2, 0.25) is 0 Å². The minimum absolute atomic E-state index is 0.160. The molecular formula is C14H10ClN3O. The summed E-state index contributed by atoms with van der Waals surface area (Å²) in [5.41, 5.74) is 1.46. The van der Waals surface area contributed by atoms with Crippen molar-refractivity contribution in [2.24, 2.45) is 0 Å². The summed E-state index contributed by atoms with van der Waals surface area (Å²) in [5.74, 6) is 0. The molecule has 5 heteroatoms. The average molecular weight is 272 g/mol. The lowest BCUT2D eigenvalue weighted by molar-refractivity contribution is 0.638. The highest BCUT2D eigenvalue weighted by Crippen LogP contribution is 2.20. The molecule has 0 saturated heterocycles. The van der Waals surface area contributed by atoms with Crippen LogP contribution in [0.25, 0.3) is 10.9 Å². The summed E-state index contributed by atoms with van der Waals surface area (Å²) in [6.07, 6.45) is 1.57. The number of para-hydroxylation sites is 1. The van der Waals surface area contributed by atoms with Crippen LogP contribution in [0.5, 0.6) is 0 Å². The highest BCUT2D eigenvalue weighted by Gasteiger charge is 2.06. The SMILES string of the molecule is O=c1cccnn1Cc1cc2ccccc2nc1Cl. The van der Waals surface area contributed by atoms with Crippen LogP contribution in [0.1, 0.15) is 5.56 Å². The molecule has 94 valence electrons. The third-order valence-electron chi connectivity index (χ3n) is 2.86. The summed E-state index contributed by atoms with van der Waals surface area (Å²) >= 11 is 6.15. The van der Waals surface area contributed by atoms with Gasteiger partial charge in [0.15, 0.2) is 0 Å². The van der Waals surface area contributed by atoms with E-state index in [0.717, 1.165) is 16.5 Å². The van der Waals surface area contributed by atoms with Gasteiger partial charge < -0.3 is 0 Å². The number of hydrogen-bond acceptors (Lipinski definition) is 3. The summed E-state index contributed by atoms with van der Waals surface area (Å²) < 4.78 is 1.36. The van der Waals surface area contributed by atoms with Crippen LogP contribution in [-0.2, 0) is 6.54 Å². The fourth-order valence-electron chi connectivity index (χ4n) is 1.91. The second-order valence-corrected chi connectivity index (χ2v) is 4.51. The third-order valence-corrected chi connectivity index (χ3v) is 3.18. The molecule has 0 aliphatic carbocycles. The average Bonchev–Trinajstić information content (AvgIpc) is 2.42. The first-order valence-electron chi connectivity index (χ1n) is 5.80. The molecule has 2 heterocycles. The number of pyridine rings is 1. The van der Waals surface area contributed by atoms with Crippen molar-refractivity contribution in [1.29, 1.82) is 0 Å². The minimum Gasteiger partial charge on any atom is -0.268 e. The van der Waals surface area contributed by atoms with E-state index in [4.69, 9.17) is 11.6 Å². The molecule has 0 aliphatic rings. The van der Waals surface area contributed by atoms with E-state index in [2.05, 4.69) is 10.1 Å². The van der Waals surface area contributed by atoms with Crippen molar-refractivity contribution < 1.29 is 0 Å². The molecule has 3 rings (SSSR count). The zero-order chi connectivity index (χ0) is 13.2. The summed E-state index contributed by atoms with van der Waals surface area (Å²) in [6.45, 7) is 0.316. The number of aromatic nitrogens is 3. The van der Waals surface area contributed by atoms with Gasteiger partial charge in [-0.2, -0.15) is 5.10 Å². The monoisotopic (exact) mass is 271 g/mol. The molecule has 0 saturated carbocycles. The summed E-state index contributed by atoms with van der Waals surface area (Å²) in [4.78, 5) is 16.0. The molecule has 0 aliphatic heterocycles. The number of benzene rings is 1. The fraction of sp³-hybridized carbons (Fsp3) is 0.0714. The van der Waals surface area contributed by atoms with Gasteiger partial charge in [0.1, 0.15) is 5.15 Å². The topological polar surface area (TPSA) is 47.8 Å². The maximum Gasteiger partial charge on any atom is 0.267 e. The second-order valence-electron chi connectivity index (χ2n) is 4.15. The van der Waals surface area contributed by atoms with Crippen LogP contribution in [0, 0.1) is 0 Å². The molecule has 0 atom stereocenters. The standard InChI is InChI=1S/C14H10ClN3O/c15-14-11(9-18-13(19)6-3-7-16-18)8-10-4-1-2-5-12(10)17-14/h1-8H,9H2. The molecule has 0 N–H and O–H groups in total. The molecule has 0 amide bonds. The molecule has 3 aromatic rings. The molecule has 0 spiro atoms. The number of halogens is 1. The zero-order valence-electron chi connectivity index (χ0n) is 9.95. The Morgan fingerprint density at radius 2 is 2.00 bits per heavy atom. The summed E-state index contributed by atoms with van der Waals surface area (Å²) in [7, 11) is 0. The minimum atomic E-state index is -0.160. The maximum atomic E-state index is 11.6. The van der Waals surface area contributed by atoms with E-state index < -0.39 is 0 Å². The van der Waals surface area contributed by atoms with E-state index >= 15 is 0 Å². The van der Waals surface area contributed by atoms with Crippen LogP contribution < -0.4 is 5.56 Å². The Morgan fingerprint density at radius 1 is 1.16 bits per heavy atom. The van der Waals surface area contributed by atoms with Crippen molar-refractivity contribution in [3.63, 3.8) is 0 Å². The van der Waals surface area contributed by atoms with E-state index in [-0.39, 0.29) is 5.56 Å². The van der Waals surface area contributed by atoms with Crippen LogP contribution in [0.4, 0.5) is 0 Å². The molecule has 4 nitrogen and oxygen atoms in total. The van der Waals surface area contributed by atoms with Gasteiger partial charge in [-0.05, 0) is 18.2 Å². The maximum absolute atomic E-state index is 11.6. The second kappa shape index (κ2) is 4.82. The van der Waals surface area contributed by atoms with E-state index in [1.54, 1.807) is 12.3 Å². The van der Waals surface area contributed by atoms with Gasteiger partial charge in [0.25, 0.3) is 5.56 Å². The van der Waals surface area contributed by atoms with Gasteiger partial charge >= 0.3 is 0 Å². The molecule has 0 radical (unpaired) electrons. The quantitative estimate of drug-likeness (QED) is 0.673. The van der Waals surface area contributed by atoms with E-state index in [9.17, 15) is 4.79 Å². The van der Waals surface area contributed by atoms with Crippen molar-refractivity contribution in [3.8, 4) is 0 Å².